The van der Waals surface area contributed by atoms with E-state index in [1.54, 1.807) is 11.3 Å². The highest BCUT2D eigenvalue weighted by molar-refractivity contribution is 7.09. The van der Waals surface area contributed by atoms with Gasteiger partial charge in [-0.2, -0.15) is 0 Å². The molecule has 0 fully saturated rings. The number of hydrogen-bond donors (Lipinski definition) is 2. The summed E-state index contributed by atoms with van der Waals surface area (Å²) >= 11 is 1.73. The summed E-state index contributed by atoms with van der Waals surface area (Å²) < 4.78 is 2.33. The highest BCUT2D eigenvalue weighted by atomic mass is 32.1. The van der Waals surface area contributed by atoms with Crippen molar-refractivity contribution in [2.75, 3.05) is 0 Å². The van der Waals surface area contributed by atoms with Crippen LogP contribution in [0, 0.1) is 5.92 Å². The van der Waals surface area contributed by atoms with Crippen LogP contribution in [0.1, 0.15) is 80.5 Å². The second kappa shape index (κ2) is 10.8. The minimum atomic E-state index is -0.850. The predicted molar refractivity (Wildman–Crippen MR) is 129 cm³/mol. The molecule has 7 heteroatoms. The molecule has 0 spiro atoms. The third-order valence-corrected chi connectivity index (χ3v) is 6.91. The van der Waals surface area contributed by atoms with Crippen LogP contribution in [0.15, 0.2) is 35.7 Å². The highest BCUT2D eigenvalue weighted by Gasteiger charge is 2.21. The molecule has 3 aromatic rings. The number of carbonyl (C=O) groups is 2. The van der Waals surface area contributed by atoms with Crippen molar-refractivity contribution in [3.63, 3.8) is 0 Å². The molecule has 32 heavy (non-hydrogen) atoms. The summed E-state index contributed by atoms with van der Waals surface area (Å²) in [5.74, 6) is 0.133. The second-order valence-corrected chi connectivity index (χ2v) is 9.62. The van der Waals surface area contributed by atoms with Crippen LogP contribution < -0.4 is 5.32 Å². The van der Waals surface area contributed by atoms with Crippen molar-refractivity contribution < 1.29 is 14.7 Å². The number of aliphatic carboxylic acids is 1. The third kappa shape index (κ3) is 5.57. The van der Waals surface area contributed by atoms with E-state index in [0.29, 0.717) is 18.0 Å². The molecule has 0 aliphatic carbocycles. The number of carbonyl (C=O) groups excluding carboxylic acids is 1. The lowest BCUT2D eigenvalue weighted by Crippen LogP contribution is -2.38. The lowest BCUT2D eigenvalue weighted by molar-refractivity contribution is -0.137. The Balaban J connectivity index is 1.91. The first-order chi connectivity index (χ1) is 15.3. The molecule has 0 saturated heterocycles. The normalized spacial score (nSPS) is 12.6. The number of carboxylic acid groups (broad SMARTS) is 1. The first-order valence-corrected chi connectivity index (χ1v) is 12.3. The zero-order valence-corrected chi connectivity index (χ0v) is 20.1. The molecule has 1 aromatic carbocycles. The first kappa shape index (κ1) is 24.0. The van der Waals surface area contributed by atoms with Gasteiger partial charge in [0.15, 0.2) is 0 Å². The van der Waals surface area contributed by atoms with Crippen LogP contribution in [0.25, 0.3) is 11.0 Å². The smallest absolute Gasteiger partial charge is 0.303 e. The van der Waals surface area contributed by atoms with Gasteiger partial charge in [-0.15, -0.1) is 11.3 Å². The van der Waals surface area contributed by atoms with E-state index in [2.05, 4.69) is 41.2 Å². The highest BCUT2D eigenvalue weighted by Crippen LogP contribution is 2.28. The molecule has 0 aliphatic rings. The fourth-order valence-electron chi connectivity index (χ4n) is 4.15. The van der Waals surface area contributed by atoms with Gasteiger partial charge in [0.2, 0.25) is 0 Å². The van der Waals surface area contributed by atoms with E-state index in [1.807, 2.05) is 32.0 Å². The van der Waals surface area contributed by atoms with Crippen molar-refractivity contribution in [3.8, 4) is 0 Å². The van der Waals surface area contributed by atoms with Gasteiger partial charge in [0.1, 0.15) is 5.82 Å². The van der Waals surface area contributed by atoms with Gasteiger partial charge in [0.05, 0.1) is 11.0 Å². The van der Waals surface area contributed by atoms with E-state index in [4.69, 9.17) is 10.1 Å². The fraction of sp³-hybridized carbons (Fsp3) is 0.480. The molecule has 1 atom stereocenters. The molecule has 1 unspecified atom stereocenters. The van der Waals surface area contributed by atoms with Crippen molar-refractivity contribution in [2.24, 2.45) is 5.92 Å². The molecule has 0 bridgehead atoms. The summed E-state index contributed by atoms with van der Waals surface area (Å²) in [4.78, 5) is 30.1. The Morgan fingerprint density at radius 1 is 1.19 bits per heavy atom. The number of carboxylic acids is 1. The van der Waals surface area contributed by atoms with Crippen LogP contribution in [0.2, 0.25) is 0 Å². The molecule has 0 aliphatic heterocycles. The van der Waals surface area contributed by atoms with Gasteiger partial charge >= 0.3 is 5.97 Å². The summed E-state index contributed by atoms with van der Waals surface area (Å²) in [6, 6.07) is 10.1. The Labute approximate surface area is 193 Å². The van der Waals surface area contributed by atoms with Crippen LogP contribution in [-0.2, 0) is 11.2 Å². The molecule has 1 amide bonds. The van der Waals surface area contributed by atoms with Gasteiger partial charge < -0.3 is 15.0 Å². The molecule has 0 radical (unpaired) electrons. The Morgan fingerprint density at radius 2 is 1.94 bits per heavy atom. The minimum Gasteiger partial charge on any atom is -0.481 e. The average Bonchev–Trinajstić information content (AvgIpc) is 3.39. The molecular formula is C25H33N3O3S. The SMILES string of the molecule is CCC(CC)n1c(Cc2cccs2)nc2cc(C(=O)NC(CCC(=O)O)C(C)C)ccc21. The second-order valence-electron chi connectivity index (χ2n) is 8.58. The van der Waals surface area contributed by atoms with Gasteiger partial charge in [-0.3, -0.25) is 9.59 Å². The Morgan fingerprint density at radius 3 is 2.53 bits per heavy atom. The molecular weight excluding hydrogens is 422 g/mol. The van der Waals surface area contributed by atoms with Crippen molar-refractivity contribution in [1.29, 1.82) is 0 Å². The lowest BCUT2D eigenvalue weighted by atomic mass is 9.98. The maximum absolute atomic E-state index is 13.0. The molecule has 3 rings (SSSR count). The molecule has 6 nitrogen and oxygen atoms in total. The van der Waals surface area contributed by atoms with Gasteiger partial charge in [-0.1, -0.05) is 33.8 Å². The summed E-state index contributed by atoms with van der Waals surface area (Å²) in [6.45, 7) is 8.37. The summed E-state index contributed by atoms with van der Waals surface area (Å²) in [5.41, 5.74) is 2.42. The number of benzene rings is 1. The number of nitrogens with zero attached hydrogens (tertiary/aromatic N) is 2. The Hall–Kier alpha value is -2.67. The molecule has 0 saturated carbocycles. The monoisotopic (exact) mass is 455 g/mol. The van der Waals surface area contributed by atoms with Crippen LogP contribution in [0.3, 0.4) is 0 Å². The Bertz CT molecular complexity index is 1050. The van der Waals surface area contributed by atoms with Gasteiger partial charge in [0.25, 0.3) is 5.91 Å². The van der Waals surface area contributed by atoms with Crippen LogP contribution in [0.5, 0.6) is 0 Å². The number of nitrogens with one attached hydrogen (secondary N) is 1. The Kier molecular flexibility index (Phi) is 8.07. The number of thiophene rings is 1. The van der Waals surface area contributed by atoms with E-state index in [0.717, 1.165) is 36.1 Å². The summed E-state index contributed by atoms with van der Waals surface area (Å²) in [5, 5.41) is 14.1. The van der Waals surface area contributed by atoms with Gasteiger partial charge in [0, 0.05) is 35.4 Å². The number of rotatable bonds is 11. The number of fused-ring (bicyclic) bond motifs is 1. The number of imidazole rings is 1. The molecule has 2 heterocycles. The summed E-state index contributed by atoms with van der Waals surface area (Å²) in [7, 11) is 0. The van der Waals surface area contributed by atoms with Crippen molar-refractivity contribution in [1.82, 2.24) is 14.9 Å². The topological polar surface area (TPSA) is 84.2 Å². The van der Waals surface area contributed by atoms with Crippen molar-refractivity contribution >= 4 is 34.2 Å². The van der Waals surface area contributed by atoms with Crippen LogP contribution >= 0.6 is 11.3 Å². The third-order valence-electron chi connectivity index (χ3n) is 6.04. The van der Waals surface area contributed by atoms with Crippen molar-refractivity contribution in [3.05, 3.63) is 52.0 Å². The van der Waals surface area contributed by atoms with E-state index < -0.39 is 5.97 Å². The number of aromatic nitrogens is 2. The van der Waals surface area contributed by atoms with E-state index in [-0.39, 0.29) is 24.3 Å². The quantitative estimate of drug-likeness (QED) is 0.390. The van der Waals surface area contributed by atoms with E-state index in [9.17, 15) is 9.59 Å². The minimum absolute atomic E-state index is 0.0358. The zero-order valence-electron chi connectivity index (χ0n) is 19.3. The number of hydrogen-bond acceptors (Lipinski definition) is 4. The first-order valence-electron chi connectivity index (χ1n) is 11.4. The van der Waals surface area contributed by atoms with Gasteiger partial charge in [-0.25, -0.2) is 4.98 Å². The molecule has 2 aromatic heterocycles. The average molecular weight is 456 g/mol. The van der Waals surface area contributed by atoms with E-state index >= 15 is 0 Å². The van der Waals surface area contributed by atoms with Crippen molar-refractivity contribution in [2.45, 2.75) is 71.9 Å². The standard InChI is InChI=1S/C25H33N3O3S/c1-5-18(6-2)28-22-11-9-17(25(31)27-20(16(3)4)10-12-24(29)30)14-21(22)26-23(28)15-19-8-7-13-32-19/h7-9,11,13-14,16,18,20H,5-6,10,12,15H2,1-4H3,(H,27,31)(H,29,30). The summed E-state index contributed by atoms with van der Waals surface area (Å²) in [6.07, 6.45) is 3.25. The molecule has 172 valence electrons. The maximum atomic E-state index is 13.0. The zero-order chi connectivity index (χ0) is 23.3. The fourth-order valence-corrected chi connectivity index (χ4v) is 4.85. The molecule has 2 N–H and O–H groups in total. The number of amides is 1. The predicted octanol–water partition coefficient (Wildman–Crippen LogP) is 5.67. The van der Waals surface area contributed by atoms with E-state index in [1.165, 1.54) is 4.88 Å². The maximum Gasteiger partial charge on any atom is 0.303 e. The lowest BCUT2D eigenvalue weighted by Gasteiger charge is -2.22. The van der Waals surface area contributed by atoms with Crippen LogP contribution in [-0.4, -0.2) is 32.6 Å². The largest absolute Gasteiger partial charge is 0.481 e. The van der Waals surface area contributed by atoms with Crippen LogP contribution in [0.4, 0.5) is 0 Å². The van der Waals surface area contributed by atoms with Gasteiger partial charge in [-0.05, 0) is 54.8 Å².